The Hall–Kier alpha value is -1.41. The van der Waals surface area contributed by atoms with Crippen molar-refractivity contribution >= 4 is 5.78 Å². The quantitative estimate of drug-likeness (QED) is 0.901. The van der Waals surface area contributed by atoms with Gasteiger partial charge < -0.3 is 5.11 Å². The van der Waals surface area contributed by atoms with E-state index >= 15 is 0 Å². The molecule has 19 heavy (non-hydrogen) atoms. The lowest BCUT2D eigenvalue weighted by molar-refractivity contribution is -0.134. The zero-order valence-electron chi connectivity index (χ0n) is 11.5. The second-order valence-corrected chi connectivity index (χ2v) is 6.41. The fraction of sp³-hybridized carbons (Fsp3) is 0.471. The SMILES string of the molecule is CC1(C)[C@@H]2C[C@H]1C(=O)C=C2CC(O)c1ccccc1. The van der Waals surface area contributed by atoms with Gasteiger partial charge in [-0.15, -0.1) is 0 Å². The molecule has 3 aliphatic carbocycles. The predicted octanol–water partition coefficient (Wildman–Crippen LogP) is 3.28. The largest absolute Gasteiger partial charge is 0.388 e. The smallest absolute Gasteiger partial charge is 0.159 e. The lowest BCUT2D eigenvalue weighted by Gasteiger charge is -2.55. The van der Waals surface area contributed by atoms with Crippen LogP contribution < -0.4 is 0 Å². The number of aliphatic hydroxyl groups excluding tert-OH is 1. The van der Waals surface area contributed by atoms with Crippen LogP contribution in [0.2, 0.25) is 0 Å². The topological polar surface area (TPSA) is 37.3 Å². The minimum atomic E-state index is -0.506. The van der Waals surface area contributed by atoms with Crippen LogP contribution in [0.4, 0.5) is 0 Å². The molecule has 4 rings (SSSR count). The molecule has 0 spiro atoms. The third-order valence-corrected chi connectivity index (χ3v) is 5.00. The van der Waals surface area contributed by atoms with Crippen molar-refractivity contribution in [1.29, 1.82) is 0 Å². The summed E-state index contributed by atoms with van der Waals surface area (Å²) in [5, 5.41) is 10.3. The number of hydrogen-bond donors (Lipinski definition) is 1. The van der Waals surface area contributed by atoms with Crippen LogP contribution >= 0.6 is 0 Å². The third kappa shape index (κ3) is 1.95. The van der Waals surface area contributed by atoms with Gasteiger partial charge in [-0.3, -0.25) is 4.79 Å². The summed E-state index contributed by atoms with van der Waals surface area (Å²) in [5.41, 5.74) is 2.14. The summed E-state index contributed by atoms with van der Waals surface area (Å²) in [7, 11) is 0. The molecule has 1 aromatic carbocycles. The summed E-state index contributed by atoms with van der Waals surface area (Å²) < 4.78 is 0. The molecule has 1 N–H and O–H groups in total. The predicted molar refractivity (Wildman–Crippen MR) is 74.5 cm³/mol. The Bertz CT molecular complexity index is 527. The van der Waals surface area contributed by atoms with Crippen molar-refractivity contribution in [2.75, 3.05) is 0 Å². The fourth-order valence-corrected chi connectivity index (χ4v) is 3.64. The van der Waals surface area contributed by atoms with Gasteiger partial charge in [-0.25, -0.2) is 0 Å². The van der Waals surface area contributed by atoms with Crippen LogP contribution in [0.5, 0.6) is 0 Å². The van der Waals surface area contributed by atoms with Gasteiger partial charge in [-0.2, -0.15) is 0 Å². The first-order valence-corrected chi connectivity index (χ1v) is 6.97. The number of rotatable bonds is 3. The number of carbonyl (C=O) groups is 1. The molecule has 1 aromatic rings. The minimum absolute atomic E-state index is 0.0809. The van der Waals surface area contributed by atoms with Crippen LogP contribution in [0.1, 0.15) is 38.4 Å². The Morgan fingerprint density at radius 1 is 1.26 bits per heavy atom. The van der Waals surface area contributed by atoms with Crippen LogP contribution in [0.3, 0.4) is 0 Å². The Morgan fingerprint density at radius 2 is 1.95 bits per heavy atom. The second kappa shape index (κ2) is 4.31. The summed E-state index contributed by atoms with van der Waals surface area (Å²) in [4.78, 5) is 12.0. The highest BCUT2D eigenvalue weighted by Crippen LogP contribution is 2.59. The molecule has 0 saturated heterocycles. The number of allylic oxidation sites excluding steroid dienone is 1. The highest BCUT2D eigenvalue weighted by molar-refractivity contribution is 5.96. The lowest BCUT2D eigenvalue weighted by Crippen LogP contribution is -2.52. The molecular weight excluding hydrogens is 236 g/mol. The molecule has 1 saturated carbocycles. The summed E-state index contributed by atoms with van der Waals surface area (Å²) >= 11 is 0. The molecule has 0 heterocycles. The molecule has 0 radical (unpaired) electrons. The van der Waals surface area contributed by atoms with E-state index < -0.39 is 6.10 Å². The fourth-order valence-electron chi connectivity index (χ4n) is 3.64. The summed E-state index contributed by atoms with van der Waals surface area (Å²) in [6.07, 6.45) is 2.83. The van der Waals surface area contributed by atoms with Crippen molar-refractivity contribution in [1.82, 2.24) is 0 Å². The molecule has 0 amide bonds. The number of aliphatic hydroxyl groups is 1. The number of fused-ring (bicyclic) bond motifs is 1. The van der Waals surface area contributed by atoms with Crippen molar-refractivity contribution in [2.24, 2.45) is 17.3 Å². The zero-order valence-corrected chi connectivity index (χ0v) is 11.5. The van der Waals surface area contributed by atoms with E-state index in [0.717, 1.165) is 17.6 Å². The van der Waals surface area contributed by atoms with Crippen LogP contribution in [0.25, 0.3) is 0 Å². The molecule has 3 atom stereocenters. The van der Waals surface area contributed by atoms with Crippen LogP contribution in [0.15, 0.2) is 42.0 Å². The highest BCUT2D eigenvalue weighted by atomic mass is 16.3. The number of benzene rings is 1. The Labute approximate surface area is 114 Å². The van der Waals surface area contributed by atoms with Gasteiger partial charge in [0.25, 0.3) is 0 Å². The molecule has 2 nitrogen and oxygen atoms in total. The van der Waals surface area contributed by atoms with Crippen molar-refractivity contribution < 1.29 is 9.90 Å². The van der Waals surface area contributed by atoms with Gasteiger partial charge in [-0.1, -0.05) is 49.8 Å². The van der Waals surface area contributed by atoms with E-state index in [9.17, 15) is 9.90 Å². The average molecular weight is 256 g/mol. The van der Waals surface area contributed by atoms with E-state index in [0.29, 0.717) is 12.3 Å². The van der Waals surface area contributed by atoms with E-state index in [1.165, 1.54) is 0 Å². The first-order chi connectivity index (χ1) is 9.00. The van der Waals surface area contributed by atoms with E-state index in [2.05, 4.69) is 13.8 Å². The summed E-state index contributed by atoms with van der Waals surface area (Å²) in [6.45, 7) is 4.34. The summed E-state index contributed by atoms with van der Waals surface area (Å²) in [6, 6.07) is 9.68. The third-order valence-electron chi connectivity index (χ3n) is 5.00. The van der Waals surface area contributed by atoms with E-state index in [1.54, 1.807) is 6.08 Å². The number of carbonyl (C=O) groups excluding carboxylic acids is 1. The van der Waals surface area contributed by atoms with Crippen molar-refractivity contribution in [3.63, 3.8) is 0 Å². The molecule has 3 aliphatic rings. The van der Waals surface area contributed by atoms with Crippen LogP contribution in [-0.4, -0.2) is 10.9 Å². The minimum Gasteiger partial charge on any atom is -0.388 e. The van der Waals surface area contributed by atoms with Gasteiger partial charge in [0.05, 0.1) is 6.10 Å². The maximum atomic E-state index is 12.0. The average Bonchev–Trinajstić information content (AvgIpc) is 2.38. The molecule has 100 valence electrons. The molecular formula is C17H20O2. The number of ketones is 1. The molecule has 1 fully saturated rings. The maximum absolute atomic E-state index is 12.0. The van der Waals surface area contributed by atoms with Crippen molar-refractivity contribution in [2.45, 2.75) is 32.8 Å². The van der Waals surface area contributed by atoms with Gasteiger partial charge in [0.2, 0.25) is 0 Å². The van der Waals surface area contributed by atoms with Crippen LogP contribution in [-0.2, 0) is 4.79 Å². The maximum Gasteiger partial charge on any atom is 0.159 e. The second-order valence-electron chi connectivity index (χ2n) is 6.41. The Morgan fingerprint density at radius 3 is 2.53 bits per heavy atom. The van der Waals surface area contributed by atoms with Crippen molar-refractivity contribution in [3.8, 4) is 0 Å². The Balaban J connectivity index is 1.79. The zero-order chi connectivity index (χ0) is 13.6. The summed E-state index contributed by atoms with van der Waals surface area (Å²) in [5.74, 6) is 0.923. The van der Waals surface area contributed by atoms with Gasteiger partial charge >= 0.3 is 0 Å². The molecule has 0 aliphatic heterocycles. The van der Waals surface area contributed by atoms with Gasteiger partial charge in [0.15, 0.2) is 5.78 Å². The normalized spacial score (nSPS) is 29.4. The number of hydrogen-bond acceptors (Lipinski definition) is 2. The van der Waals surface area contributed by atoms with E-state index in [-0.39, 0.29) is 17.1 Å². The van der Waals surface area contributed by atoms with Gasteiger partial charge in [-0.05, 0) is 35.8 Å². The standard InChI is InChI=1S/C17H20O2/c1-17(2)13-10-14(17)16(19)9-12(13)8-15(18)11-6-4-3-5-7-11/h3-7,9,13-15,18H,8,10H2,1-2H3/t13-,14+,15?/m1/s1. The Kier molecular flexibility index (Phi) is 2.86. The van der Waals surface area contributed by atoms with E-state index in [4.69, 9.17) is 0 Å². The molecule has 2 bridgehead atoms. The van der Waals surface area contributed by atoms with Gasteiger partial charge in [0, 0.05) is 5.92 Å². The monoisotopic (exact) mass is 256 g/mol. The van der Waals surface area contributed by atoms with E-state index in [1.807, 2.05) is 30.3 Å². The van der Waals surface area contributed by atoms with Crippen LogP contribution in [0, 0.1) is 17.3 Å². The highest BCUT2D eigenvalue weighted by Gasteiger charge is 2.55. The first kappa shape index (κ1) is 12.6. The molecule has 1 unspecified atom stereocenters. The first-order valence-electron chi connectivity index (χ1n) is 6.97. The molecule has 0 aromatic heterocycles. The van der Waals surface area contributed by atoms with Gasteiger partial charge in [0.1, 0.15) is 0 Å². The lowest BCUT2D eigenvalue weighted by atomic mass is 9.48. The van der Waals surface area contributed by atoms with Crippen molar-refractivity contribution in [3.05, 3.63) is 47.5 Å². The molecule has 2 heteroatoms.